The molecule has 0 saturated heterocycles. The van der Waals surface area contributed by atoms with Crippen molar-refractivity contribution in [1.82, 2.24) is 4.98 Å². The molecule has 1 heterocycles. The first kappa shape index (κ1) is 14.4. The second-order valence-corrected chi connectivity index (χ2v) is 4.38. The van der Waals surface area contributed by atoms with Crippen molar-refractivity contribution < 1.29 is 9.59 Å². The number of pyridine rings is 1. The van der Waals surface area contributed by atoms with Gasteiger partial charge in [-0.3, -0.25) is 4.79 Å². The van der Waals surface area contributed by atoms with Crippen LogP contribution in [0.4, 0.5) is 5.82 Å². The number of aromatic nitrogens is 1. The second kappa shape index (κ2) is 8.39. The molecule has 0 fully saturated rings. The normalized spacial score (nSPS) is 10.1. The van der Waals surface area contributed by atoms with E-state index >= 15 is 0 Å². The first-order valence-electron chi connectivity index (χ1n) is 6.39. The van der Waals surface area contributed by atoms with E-state index < -0.39 is 0 Å². The molecule has 1 amide bonds. The van der Waals surface area contributed by atoms with Crippen LogP contribution >= 0.6 is 0 Å². The van der Waals surface area contributed by atoms with E-state index in [2.05, 4.69) is 10.3 Å². The molecule has 0 unspecified atom stereocenters. The molecule has 1 aromatic heterocycles. The average Bonchev–Trinajstić information content (AvgIpc) is 2.34. The van der Waals surface area contributed by atoms with Gasteiger partial charge in [0, 0.05) is 19.0 Å². The fraction of sp³-hybridized carbons (Fsp3) is 0.500. The van der Waals surface area contributed by atoms with Crippen molar-refractivity contribution >= 4 is 17.5 Å². The molecular weight excluding hydrogens is 228 g/mol. The van der Waals surface area contributed by atoms with Gasteiger partial charge in [-0.2, -0.15) is 0 Å². The number of anilines is 1. The minimum absolute atomic E-state index is 0.000248. The third-order valence-electron chi connectivity index (χ3n) is 2.62. The van der Waals surface area contributed by atoms with Gasteiger partial charge in [0.1, 0.15) is 11.6 Å². The number of hydrogen-bond acceptors (Lipinski definition) is 3. The molecule has 1 N–H and O–H groups in total. The number of carbonyl (C=O) groups is 2. The van der Waals surface area contributed by atoms with Crippen molar-refractivity contribution in [1.29, 1.82) is 0 Å². The monoisotopic (exact) mass is 248 g/mol. The highest BCUT2D eigenvalue weighted by atomic mass is 16.1. The standard InChI is InChI=1S/C14H20N2O2/c1-12(17)8-4-2-3-5-10-14(18)16-13-9-6-7-11-15-13/h6-7,9,11H,2-5,8,10H2,1H3,(H,15,16,18). The summed E-state index contributed by atoms with van der Waals surface area (Å²) in [6.45, 7) is 1.61. The zero-order valence-corrected chi connectivity index (χ0v) is 10.8. The van der Waals surface area contributed by atoms with Gasteiger partial charge in [0.25, 0.3) is 0 Å². The first-order chi connectivity index (χ1) is 8.68. The van der Waals surface area contributed by atoms with E-state index in [-0.39, 0.29) is 11.7 Å². The highest BCUT2D eigenvalue weighted by Gasteiger charge is 2.02. The van der Waals surface area contributed by atoms with Crippen LogP contribution in [0.5, 0.6) is 0 Å². The van der Waals surface area contributed by atoms with Crippen molar-refractivity contribution in [2.75, 3.05) is 5.32 Å². The van der Waals surface area contributed by atoms with E-state index in [0.29, 0.717) is 18.7 Å². The maximum Gasteiger partial charge on any atom is 0.225 e. The van der Waals surface area contributed by atoms with Crippen molar-refractivity contribution in [3.8, 4) is 0 Å². The van der Waals surface area contributed by atoms with E-state index in [9.17, 15) is 9.59 Å². The average molecular weight is 248 g/mol. The number of carbonyl (C=O) groups excluding carboxylic acids is 2. The summed E-state index contributed by atoms with van der Waals surface area (Å²) in [5, 5.41) is 2.75. The summed E-state index contributed by atoms with van der Waals surface area (Å²) in [6, 6.07) is 5.42. The van der Waals surface area contributed by atoms with Crippen LogP contribution in [0, 0.1) is 0 Å². The summed E-state index contributed by atoms with van der Waals surface area (Å²) in [7, 11) is 0. The van der Waals surface area contributed by atoms with E-state index in [0.717, 1.165) is 25.7 Å². The Morgan fingerprint density at radius 1 is 1.11 bits per heavy atom. The second-order valence-electron chi connectivity index (χ2n) is 4.38. The lowest BCUT2D eigenvalue weighted by atomic mass is 10.1. The Hall–Kier alpha value is -1.71. The Bertz CT molecular complexity index is 377. The fourth-order valence-electron chi connectivity index (χ4n) is 1.66. The largest absolute Gasteiger partial charge is 0.311 e. The van der Waals surface area contributed by atoms with Crippen LogP contribution in [0.2, 0.25) is 0 Å². The highest BCUT2D eigenvalue weighted by molar-refractivity contribution is 5.89. The third kappa shape index (κ3) is 6.78. The first-order valence-corrected chi connectivity index (χ1v) is 6.39. The van der Waals surface area contributed by atoms with Gasteiger partial charge in [-0.25, -0.2) is 4.98 Å². The SMILES string of the molecule is CC(=O)CCCCCCC(=O)Nc1ccccn1. The quantitative estimate of drug-likeness (QED) is 0.719. The van der Waals surface area contributed by atoms with Gasteiger partial charge < -0.3 is 10.1 Å². The van der Waals surface area contributed by atoms with Crippen molar-refractivity contribution in [2.24, 2.45) is 0 Å². The van der Waals surface area contributed by atoms with E-state index in [1.807, 2.05) is 12.1 Å². The lowest BCUT2D eigenvalue weighted by Gasteiger charge is -2.03. The molecule has 4 nitrogen and oxygen atoms in total. The molecule has 98 valence electrons. The van der Waals surface area contributed by atoms with Crippen LogP contribution in [0.1, 0.15) is 45.4 Å². The van der Waals surface area contributed by atoms with Gasteiger partial charge in [-0.1, -0.05) is 18.9 Å². The van der Waals surface area contributed by atoms with Gasteiger partial charge >= 0.3 is 0 Å². The number of amides is 1. The van der Waals surface area contributed by atoms with Crippen molar-refractivity contribution in [3.63, 3.8) is 0 Å². The Kier molecular flexibility index (Phi) is 6.69. The summed E-state index contributed by atoms with van der Waals surface area (Å²) in [6.07, 6.45) is 6.60. The number of ketones is 1. The predicted molar refractivity (Wildman–Crippen MR) is 71.2 cm³/mol. The molecule has 0 saturated carbocycles. The number of rotatable bonds is 8. The number of nitrogens with one attached hydrogen (secondary N) is 1. The van der Waals surface area contributed by atoms with Gasteiger partial charge in [0.15, 0.2) is 0 Å². The maximum atomic E-state index is 11.5. The maximum absolute atomic E-state index is 11.5. The molecule has 18 heavy (non-hydrogen) atoms. The van der Waals surface area contributed by atoms with Crippen molar-refractivity contribution in [2.45, 2.75) is 45.4 Å². The van der Waals surface area contributed by atoms with Gasteiger partial charge in [0.05, 0.1) is 0 Å². The Morgan fingerprint density at radius 2 is 1.83 bits per heavy atom. The minimum Gasteiger partial charge on any atom is -0.311 e. The van der Waals surface area contributed by atoms with Gasteiger partial charge in [-0.15, -0.1) is 0 Å². The van der Waals surface area contributed by atoms with Crippen LogP contribution in [0.25, 0.3) is 0 Å². The molecule has 1 aromatic rings. The molecule has 0 aromatic carbocycles. The summed E-state index contributed by atoms with van der Waals surface area (Å²) in [5.74, 6) is 0.835. The zero-order valence-electron chi connectivity index (χ0n) is 10.8. The Labute approximate surface area is 108 Å². The van der Waals surface area contributed by atoms with E-state index in [4.69, 9.17) is 0 Å². The van der Waals surface area contributed by atoms with Crippen LogP contribution in [-0.2, 0) is 9.59 Å². The minimum atomic E-state index is 0.000248. The third-order valence-corrected chi connectivity index (χ3v) is 2.62. The molecule has 0 aliphatic heterocycles. The van der Waals surface area contributed by atoms with Gasteiger partial charge in [0.2, 0.25) is 5.91 Å². The Morgan fingerprint density at radius 3 is 2.44 bits per heavy atom. The smallest absolute Gasteiger partial charge is 0.225 e. The summed E-state index contributed by atoms with van der Waals surface area (Å²) < 4.78 is 0. The molecule has 0 atom stereocenters. The van der Waals surface area contributed by atoms with Crippen molar-refractivity contribution in [3.05, 3.63) is 24.4 Å². The molecule has 0 aliphatic rings. The summed E-state index contributed by atoms with van der Waals surface area (Å²) >= 11 is 0. The van der Waals surface area contributed by atoms with Crippen LogP contribution in [-0.4, -0.2) is 16.7 Å². The van der Waals surface area contributed by atoms with Crippen LogP contribution in [0.15, 0.2) is 24.4 Å². The zero-order chi connectivity index (χ0) is 13.2. The topological polar surface area (TPSA) is 59.1 Å². The summed E-state index contributed by atoms with van der Waals surface area (Å²) in [5.41, 5.74) is 0. The molecule has 0 bridgehead atoms. The fourth-order valence-corrected chi connectivity index (χ4v) is 1.66. The molecule has 1 rings (SSSR count). The molecule has 0 spiro atoms. The number of unbranched alkanes of at least 4 members (excludes halogenated alkanes) is 3. The Balaban J connectivity index is 2.05. The molecule has 4 heteroatoms. The number of Topliss-reactive ketones (excluding diaryl/α,β-unsaturated/α-hetero) is 1. The number of nitrogens with zero attached hydrogens (tertiary/aromatic N) is 1. The van der Waals surface area contributed by atoms with Gasteiger partial charge in [-0.05, 0) is 31.9 Å². The molecule has 0 radical (unpaired) electrons. The molecule has 0 aliphatic carbocycles. The van der Waals surface area contributed by atoms with Crippen LogP contribution < -0.4 is 5.32 Å². The molecular formula is C14H20N2O2. The summed E-state index contributed by atoms with van der Waals surface area (Å²) in [4.78, 5) is 26.3. The lowest BCUT2D eigenvalue weighted by molar-refractivity contribution is -0.117. The predicted octanol–water partition coefficient (Wildman–Crippen LogP) is 2.95. The lowest BCUT2D eigenvalue weighted by Crippen LogP contribution is -2.11. The van der Waals surface area contributed by atoms with E-state index in [1.165, 1.54) is 0 Å². The van der Waals surface area contributed by atoms with E-state index in [1.54, 1.807) is 19.2 Å². The highest BCUT2D eigenvalue weighted by Crippen LogP contribution is 2.07. The number of hydrogen-bond donors (Lipinski definition) is 1. The van der Waals surface area contributed by atoms with Crippen LogP contribution in [0.3, 0.4) is 0 Å².